The smallest absolute Gasteiger partial charge is 0.156 e. The van der Waals surface area contributed by atoms with Gasteiger partial charge >= 0.3 is 0 Å². The molecule has 4 rings (SSSR count). The molecule has 0 saturated carbocycles. The zero-order valence-corrected chi connectivity index (χ0v) is 17.3. The van der Waals surface area contributed by atoms with E-state index < -0.39 is 18.0 Å². The number of ether oxygens (including phenoxy) is 1. The first-order valence-electron chi connectivity index (χ1n) is 9.03. The highest BCUT2D eigenvalue weighted by atomic mass is 79.9. The summed E-state index contributed by atoms with van der Waals surface area (Å²) >= 11 is 3.45. The predicted octanol–water partition coefficient (Wildman–Crippen LogP) is 4.97. The summed E-state index contributed by atoms with van der Waals surface area (Å²) in [7, 11) is 0. The molecule has 0 saturated heterocycles. The Morgan fingerprint density at radius 3 is 2.72 bits per heavy atom. The van der Waals surface area contributed by atoms with Crippen molar-refractivity contribution in [2.75, 3.05) is 5.32 Å². The van der Waals surface area contributed by atoms with Gasteiger partial charge in [0.05, 0.1) is 28.2 Å². The van der Waals surface area contributed by atoms with Crippen molar-refractivity contribution < 1.29 is 14.2 Å². The Bertz CT molecular complexity index is 1200. The van der Waals surface area contributed by atoms with E-state index in [1.165, 1.54) is 6.33 Å². The minimum Gasteiger partial charge on any atom is -0.487 e. The molecule has 0 bridgehead atoms. The largest absolute Gasteiger partial charge is 0.487 e. The molecule has 2 heterocycles. The summed E-state index contributed by atoms with van der Waals surface area (Å²) in [5.41, 5.74) is 1.46. The third kappa shape index (κ3) is 3.86. The van der Waals surface area contributed by atoms with Crippen LogP contribution in [0, 0.1) is 5.82 Å². The van der Waals surface area contributed by atoms with Crippen LogP contribution < -0.4 is 10.1 Å². The van der Waals surface area contributed by atoms with Gasteiger partial charge in [-0.05, 0) is 50.2 Å². The number of aliphatic hydroxyl groups is 1. The summed E-state index contributed by atoms with van der Waals surface area (Å²) in [6.45, 7) is 3.42. The SMILES string of the molecule is C[C@@H](O)[C@@H](C)Oc1cc(Br)cc2ncnc(Nc3ccc4ncccc4c3F)c12. The third-order valence-corrected chi connectivity index (χ3v) is 5.09. The number of halogens is 2. The van der Waals surface area contributed by atoms with Gasteiger partial charge in [-0.2, -0.15) is 0 Å². The lowest BCUT2D eigenvalue weighted by Crippen LogP contribution is -2.25. The number of hydrogen-bond donors (Lipinski definition) is 2. The van der Waals surface area contributed by atoms with E-state index in [0.29, 0.717) is 33.4 Å². The van der Waals surface area contributed by atoms with Crippen LogP contribution in [0.15, 0.2) is 53.4 Å². The first-order valence-corrected chi connectivity index (χ1v) is 9.82. The Labute approximate surface area is 174 Å². The normalized spacial score (nSPS) is 13.4. The van der Waals surface area contributed by atoms with Crippen molar-refractivity contribution in [2.24, 2.45) is 0 Å². The van der Waals surface area contributed by atoms with Gasteiger partial charge in [0.1, 0.15) is 24.0 Å². The van der Waals surface area contributed by atoms with Crippen LogP contribution in [0.5, 0.6) is 5.75 Å². The molecule has 2 N–H and O–H groups in total. The van der Waals surface area contributed by atoms with Gasteiger partial charge in [-0.25, -0.2) is 14.4 Å². The second-order valence-corrected chi connectivity index (χ2v) is 7.62. The van der Waals surface area contributed by atoms with Crippen LogP contribution in [0.1, 0.15) is 13.8 Å². The molecule has 2 atom stereocenters. The number of nitrogens with zero attached hydrogens (tertiary/aromatic N) is 3. The Hall–Kier alpha value is -2.84. The zero-order chi connectivity index (χ0) is 20.5. The van der Waals surface area contributed by atoms with Crippen LogP contribution >= 0.6 is 15.9 Å². The highest BCUT2D eigenvalue weighted by Crippen LogP contribution is 2.36. The third-order valence-electron chi connectivity index (χ3n) is 4.63. The summed E-state index contributed by atoms with van der Waals surface area (Å²) in [6, 6.07) is 10.3. The molecule has 0 amide bonds. The van der Waals surface area contributed by atoms with Gasteiger partial charge in [-0.3, -0.25) is 4.98 Å². The molecule has 0 spiro atoms. The Kier molecular flexibility index (Phi) is 5.29. The molecule has 2 aromatic carbocycles. The van der Waals surface area contributed by atoms with Crippen molar-refractivity contribution in [2.45, 2.75) is 26.1 Å². The number of aromatic nitrogens is 3. The molecule has 0 aliphatic rings. The summed E-state index contributed by atoms with van der Waals surface area (Å²) < 4.78 is 21.7. The zero-order valence-electron chi connectivity index (χ0n) is 15.7. The van der Waals surface area contributed by atoms with Gasteiger partial charge < -0.3 is 15.2 Å². The minimum atomic E-state index is -0.671. The van der Waals surface area contributed by atoms with E-state index in [1.807, 2.05) is 6.07 Å². The molecular formula is C21H18BrFN4O2. The van der Waals surface area contributed by atoms with Gasteiger partial charge in [0.25, 0.3) is 0 Å². The summed E-state index contributed by atoms with van der Waals surface area (Å²) in [5, 5.41) is 13.9. The molecule has 0 aliphatic heterocycles. The Morgan fingerprint density at radius 1 is 1.10 bits per heavy atom. The van der Waals surface area contributed by atoms with Crippen LogP contribution in [0.4, 0.5) is 15.9 Å². The van der Waals surface area contributed by atoms with Crippen molar-refractivity contribution in [1.29, 1.82) is 0 Å². The quantitative estimate of drug-likeness (QED) is 0.441. The molecule has 0 fully saturated rings. The predicted molar refractivity (Wildman–Crippen MR) is 114 cm³/mol. The van der Waals surface area contributed by atoms with Crippen LogP contribution in [-0.4, -0.2) is 32.3 Å². The summed E-state index contributed by atoms with van der Waals surface area (Å²) in [4.78, 5) is 12.8. The molecule has 8 heteroatoms. The lowest BCUT2D eigenvalue weighted by molar-refractivity contribution is 0.0614. The number of rotatable bonds is 5. The lowest BCUT2D eigenvalue weighted by Gasteiger charge is -2.20. The number of aliphatic hydroxyl groups excluding tert-OH is 1. The Balaban J connectivity index is 1.83. The van der Waals surface area contributed by atoms with Gasteiger partial charge in [0, 0.05) is 16.1 Å². The number of fused-ring (bicyclic) bond motifs is 2. The maximum atomic E-state index is 15.0. The average molecular weight is 457 g/mol. The fourth-order valence-electron chi connectivity index (χ4n) is 2.95. The van der Waals surface area contributed by atoms with Crippen LogP contribution in [-0.2, 0) is 0 Å². The van der Waals surface area contributed by atoms with Gasteiger partial charge in [0.15, 0.2) is 5.82 Å². The second kappa shape index (κ2) is 7.88. The molecule has 148 valence electrons. The standard InChI is InChI=1S/C21H18BrFN4O2/c1-11(28)12(2)29-18-9-13(22)8-17-19(18)21(26-10-25-17)27-16-6-5-15-14(20(16)23)4-3-7-24-15/h3-12,28H,1-2H3,(H,25,26,27)/t11-,12-/m1/s1. The average Bonchev–Trinajstić information content (AvgIpc) is 2.70. The van der Waals surface area contributed by atoms with Crippen molar-refractivity contribution in [1.82, 2.24) is 15.0 Å². The van der Waals surface area contributed by atoms with E-state index >= 15 is 4.39 Å². The minimum absolute atomic E-state index is 0.267. The van der Waals surface area contributed by atoms with Crippen molar-refractivity contribution >= 4 is 49.2 Å². The second-order valence-electron chi connectivity index (χ2n) is 6.71. The number of pyridine rings is 1. The van der Waals surface area contributed by atoms with E-state index in [-0.39, 0.29) is 5.69 Å². The molecule has 2 aromatic heterocycles. The number of nitrogens with one attached hydrogen (secondary N) is 1. The molecule has 0 radical (unpaired) electrons. The van der Waals surface area contributed by atoms with E-state index in [9.17, 15) is 5.11 Å². The fourth-order valence-corrected chi connectivity index (χ4v) is 3.37. The first kappa shape index (κ1) is 19.5. The number of hydrogen-bond acceptors (Lipinski definition) is 6. The van der Waals surface area contributed by atoms with E-state index in [2.05, 4.69) is 36.2 Å². The summed E-state index contributed by atoms with van der Waals surface area (Å²) in [6.07, 6.45) is 1.90. The van der Waals surface area contributed by atoms with E-state index in [0.717, 1.165) is 4.47 Å². The van der Waals surface area contributed by atoms with Gasteiger partial charge in [0.2, 0.25) is 0 Å². The highest BCUT2D eigenvalue weighted by Gasteiger charge is 2.18. The van der Waals surface area contributed by atoms with Gasteiger partial charge in [-0.1, -0.05) is 15.9 Å². The monoisotopic (exact) mass is 456 g/mol. The molecule has 4 aromatic rings. The van der Waals surface area contributed by atoms with Crippen molar-refractivity contribution in [3.8, 4) is 5.75 Å². The van der Waals surface area contributed by atoms with E-state index in [1.54, 1.807) is 50.4 Å². The van der Waals surface area contributed by atoms with Gasteiger partial charge in [-0.15, -0.1) is 0 Å². The maximum Gasteiger partial charge on any atom is 0.156 e. The number of anilines is 2. The molecule has 0 unspecified atom stereocenters. The molecule has 0 aliphatic carbocycles. The molecule has 6 nitrogen and oxygen atoms in total. The van der Waals surface area contributed by atoms with Crippen LogP contribution in [0.2, 0.25) is 0 Å². The topological polar surface area (TPSA) is 80.2 Å². The first-order chi connectivity index (χ1) is 13.9. The van der Waals surface area contributed by atoms with Crippen molar-refractivity contribution in [3.05, 3.63) is 59.2 Å². The van der Waals surface area contributed by atoms with Crippen LogP contribution in [0.3, 0.4) is 0 Å². The van der Waals surface area contributed by atoms with Crippen LogP contribution in [0.25, 0.3) is 21.8 Å². The Morgan fingerprint density at radius 2 is 1.93 bits per heavy atom. The highest BCUT2D eigenvalue weighted by molar-refractivity contribution is 9.10. The molecule has 29 heavy (non-hydrogen) atoms. The molecular weight excluding hydrogens is 439 g/mol. The van der Waals surface area contributed by atoms with E-state index in [4.69, 9.17) is 4.74 Å². The maximum absolute atomic E-state index is 15.0. The number of benzene rings is 2. The van der Waals surface area contributed by atoms with Crippen molar-refractivity contribution in [3.63, 3.8) is 0 Å². The fraction of sp³-hybridized carbons (Fsp3) is 0.190. The summed E-state index contributed by atoms with van der Waals surface area (Å²) in [5.74, 6) is 0.463. The lowest BCUT2D eigenvalue weighted by atomic mass is 10.1.